The summed E-state index contributed by atoms with van der Waals surface area (Å²) in [6.45, 7) is 3.13. The van der Waals surface area contributed by atoms with Crippen molar-refractivity contribution in [1.29, 1.82) is 0 Å². The van der Waals surface area contributed by atoms with Crippen LogP contribution < -0.4 is 16.4 Å². The highest BCUT2D eigenvalue weighted by Gasteiger charge is 2.21. The lowest BCUT2D eigenvalue weighted by atomic mass is 9.95. The molecule has 4 N–H and O–H groups in total. The Labute approximate surface area is 134 Å². The van der Waals surface area contributed by atoms with E-state index in [1.807, 2.05) is 0 Å². The van der Waals surface area contributed by atoms with Gasteiger partial charge in [0.05, 0.1) is 19.1 Å². The summed E-state index contributed by atoms with van der Waals surface area (Å²) in [6.07, 6.45) is 0. The molecule has 0 aliphatic rings. The number of halogens is 3. The van der Waals surface area contributed by atoms with Gasteiger partial charge in [0.1, 0.15) is 11.6 Å². The normalized spacial score (nSPS) is 11.5. The van der Waals surface area contributed by atoms with Gasteiger partial charge in [-0.05, 0) is 12.0 Å². The second-order valence-corrected chi connectivity index (χ2v) is 4.94. The average molecular weight is 336 g/mol. The molecule has 22 heavy (non-hydrogen) atoms. The van der Waals surface area contributed by atoms with Crippen molar-refractivity contribution in [3.63, 3.8) is 0 Å². The van der Waals surface area contributed by atoms with Crippen molar-refractivity contribution in [2.75, 3.05) is 13.1 Å². The molecule has 8 heteroatoms. The summed E-state index contributed by atoms with van der Waals surface area (Å²) in [6, 6.07) is 2.59. The second kappa shape index (κ2) is 9.32. The third kappa shape index (κ3) is 5.95. The molecule has 1 aromatic carbocycles. The summed E-state index contributed by atoms with van der Waals surface area (Å²) >= 11 is 0. The minimum atomic E-state index is -0.722. The molecule has 1 aromatic rings. The van der Waals surface area contributed by atoms with Gasteiger partial charge in [-0.3, -0.25) is 9.59 Å². The number of carbonyl (C=O) groups is 2. The second-order valence-electron chi connectivity index (χ2n) is 4.94. The number of benzene rings is 1. The molecule has 1 atom stereocenters. The van der Waals surface area contributed by atoms with Gasteiger partial charge < -0.3 is 16.4 Å². The minimum absolute atomic E-state index is 0. The van der Waals surface area contributed by atoms with Crippen LogP contribution >= 0.6 is 12.4 Å². The quantitative estimate of drug-likeness (QED) is 0.732. The monoisotopic (exact) mass is 335 g/mol. The first kappa shape index (κ1) is 20.3. The molecule has 2 amide bonds. The van der Waals surface area contributed by atoms with Gasteiger partial charge in [0, 0.05) is 11.6 Å². The van der Waals surface area contributed by atoms with Crippen molar-refractivity contribution < 1.29 is 18.4 Å². The maximum Gasteiger partial charge on any atom is 0.239 e. The fourth-order valence-corrected chi connectivity index (χ4v) is 1.83. The van der Waals surface area contributed by atoms with E-state index in [0.717, 1.165) is 12.1 Å². The number of carbonyl (C=O) groups excluding carboxylic acids is 2. The molecular formula is C14H20ClF2N3O2. The Morgan fingerprint density at radius 3 is 2.36 bits per heavy atom. The molecule has 0 aromatic heterocycles. The number of hydrogen-bond donors (Lipinski definition) is 3. The van der Waals surface area contributed by atoms with E-state index in [9.17, 15) is 18.4 Å². The van der Waals surface area contributed by atoms with Gasteiger partial charge in [-0.1, -0.05) is 19.9 Å². The van der Waals surface area contributed by atoms with E-state index in [0.29, 0.717) is 0 Å². The van der Waals surface area contributed by atoms with E-state index in [1.165, 1.54) is 6.07 Å². The van der Waals surface area contributed by atoms with Crippen molar-refractivity contribution in [3.8, 4) is 0 Å². The number of nitrogens with two attached hydrogens (primary N) is 1. The molecule has 0 heterocycles. The van der Waals surface area contributed by atoms with Crippen LogP contribution in [-0.4, -0.2) is 24.9 Å². The average Bonchev–Trinajstić information content (AvgIpc) is 2.42. The highest BCUT2D eigenvalue weighted by molar-refractivity contribution is 5.86. The molecule has 0 fully saturated rings. The smallest absolute Gasteiger partial charge is 0.239 e. The molecule has 124 valence electrons. The number of rotatable bonds is 6. The fourth-order valence-electron chi connectivity index (χ4n) is 1.83. The van der Waals surface area contributed by atoms with Gasteiger partial charge in [0.2, 0.25) is 11.8 Å². The summed E-state index contributed by atoms with van der Waals surface area (Å²) in [4.78, 5) is 22.7. The zero-order valence-corrected chi connectivity index (χ0v) is 13.2. The summed E-state index contributed by atoms with van der Waals surface area (Å²) in [5.74, 6) is -2.45. The Balaban J connectivity index is 0.00000441. The molecule has 0 bridgehead atoms. The summed E-state index contributed by atoms with van der Waals surface area (Å²) < 4.78 is 26.7. The Bertz CT molecular complexity index is 527. The first-order valence-electron chi connectivity index (χ1n) is 6.56. The number of nitrogens with one attached hydrogen (secondary N) is 2. The molecular weight excluding hydrogens is 316 g/mol. The van der Waals surface area contributed by atoms with Crippen LogP contribution in [0.2, 0.25) is 0 Å². The maximum atomic E-state index is 13.8. The summed E-state index contributed by atoms with van der Waals surface area (Å²) in [7, 11) is 0. The van der Waals surface area contributed by atoms with Crippen LogP contribution in [0.15, 0.2) is 18.2 Å². The van der Waals surface area contributed by atoms with Crippen molar-refractivity contribution in [1.82, 2.24) is 10.6 Å². The van der Waals surface area contributed by atoms with E-state index < -0.39 is 29.5 Å². The minimum Gasteiger partial charge on any atom is -0.347 e. The Morgan fingerprint density at radius 2 is 1.86 bits per heavy atom. The predicted octanol–water partition coefficient (Wildman–Crippen LogP) is 1.27. The third-order valence-corrected chi connectivity index (χ3v) is 2.91. The zero-order valence-electron chi connectivity index (χ0n) is 12.4. The largest absolute Gasteiger partial charge is 0.347 e. The fraction of sp³-hybridized carbons (Fsp3) is 0.429. The van der Waals surface area contributed by atoms with Gasteiger partial charge in [-0.2, -0.15) is 0 Å². The van der Waals surface area contributed by atoms with Gasteiger partial charge >= 0.3 is 0 Å². The van der Waals surface area contributed by atoms with Crippen molar-refractivity contribution in [2.45, 2.75) is 19.9 Å². The van der Waals surface area contributed by atoms with Gasteiger partial charge in [-0.25, -0.2) is 8.78 Å². The van der Waals surface area contributed by atoms with Crippen molar-refractivity contribution in [2.24, 2.45) is 11.7 Å². The van der Waals surface area contributed by atoms with Crippen LogP contribution in [0.25, 0.3) is 0 Å². The Hall–Kier alpha value is -1.73. The van der Waals surface area contributed by atoms with E-state index in [1.54, 1.807) is 13.8 Å². The number of amides is 2. The molecule has 0 radical (unpaired) electrons. The maximum absolute atomic E-state index is 13.8. The molecule has 1 unspecified atom stereocenters. The summed E-state index contributed by atoms with van der Waals surface area (Å²) in [5.41, 5.74) is 5.30. The summed E-state index contributed by atoms with van der Waals surface area (Å²) in [5, 5.41) is 4.94. The molecule has 0 aliphatic heterocycles. The highest BCUT2D eigenvalue weighted by atomic mass is 35.5. The van der Waals surface area contributed by atoms with Crippen LogP contribution in [0.1, 0.15) is 25.5 Å². The van der Waals surface area contributed by atoms with Gasteiger partial charge in [0.25, 0.3) is 0 Å². The lowest BCUT2D eigenvalue weighted by molar-refractivity contribution is -0.126. The first-order chi connectivity index (χ1) is 9.85. The lowest BCUT2D eigenvalue weighted by Crippen LogP contribution is -2.41. The van der Waals surface area contributed by atoms with E-state index in [4.69, 9.17) is 5.73 Å². The van der Waals surface area contributed by atoms with Crippen molar-refractivity contribution in [3.05, 3.63) is 35.4 Å². The SMILES string of the molecule is CC(C)C(NC(=O)CNC(=O)CN)c1ccc(F)cc1F.Cl. The Morgan fingerprint density at radius 1 is 1.23 bits per heavy atom. The Kier molecular flexibility index (Phi) is 8.59. The van der Waals surface area contributed by atoms with Gasteiger partial charge in [-0.15, -0.1) is 12.4 Å². The predicted molar refractivity (Wildman–Crippen MR) is 81.4 cm³/mol. The van der Waals surface area contributed by atoms with E-state index >= 15 is 0 Å². The van der Waals surface area contributed by atoms with E-state index in [2.05, 4.69) is 10.6 Å². The van der Waals surface area contributed by atoms with Crippen LogP contribution in [-0.2, 0) is 9.59 Å². The molecule has 1 rings (SSSR count). The molecule has 0 spiro atoms. The number of hydrogen-bond acceptors (Lipinski definition) is 3. The third-order valence-electron chi connectivity index (χ3n) is 2.91. The molecule has 5 nitrogen and oxygen atoms in total. The van der Waals surface area contributed by atoms with Gasteiger partial charge in [0.15, 0.2) is 0 Å². The van der Waals surface area contributed by atoms with Crippen LogP contribution in [0, 0.1) is 17.6 Å². The van der Waals surface area contributed by atoms with Crippen molar-refractivity contribution >= 4 is 24.2 Å². The first-order valence-corrected chi connectivity index (χ1v) is 6.56. The highest BCUT2D eigenvalue weighted by Crippen LogP contribution is 2.24. The van der Waals surface area contributed by atoms with Crippen LogP contribution in [0.4, 0.5) is 8.78 Å². The topological polar surface area (TPSA) is 84.2 Å². The van der Waals surface area contributed by atoms with Crippen LogP contribution in [0.3, 0.4) is 0 Å². The standard InChI is InChI=1S/C14H19F2N3O2.ClH/c1-8(2)14(10-4-3-9(15)5-11(10)16)19-13(21)7-18-12(20)6-17;/h3-5,8,14H,6-7,17H2,1-2H3,(H,18,20)(H,19,21);1H. The molecule has 0 aliphatic carbocycles. The molecule has 0 saturated heterocycles. The zero-order chi connectivity index (χ0) is 16.0. The van der Waals surface area contributed by atoms with Crippen LogP contribution in [0.5, 0.6) is 0 Å². The lowest BCUT2D eigenvalue weighted by Gasteiger charge is -2.23. The van der Waals surface area contributed by atoms with E-state index in [-0.39, 0.29) is 37.0 Å². The molecule has 0 saturated carbocycles.